The molecule has 5 nitrogen and oxygen atoms in total. The lowest BCUT2D eigenvalue weighted by atomic mass is 10.2. The van der Waals surface area contributed by atoms with Gasteiger partial charge in [0.2, 0.25) is 5.88 Å². The summed E-state index contributed by atoms with van der Waals surface area (Å²) in [6.45, 7) is 3.58. The second-order valence-corrected chi connectivity index (χ2v) is 5.14. The van der Waals surface area contributed by atoms with Crippen molar-refractivity contribution < 1.29 is 9.53 Å². The maximum atomic E-state index is 12.2. The van der Waals surface area contributed by atoms with Crippen molar-refractivity contribution in [1.29, 1.82) is 0 Å². The first kappa shape index (κ1) is 13.5. The third-order valence-corrected chi connectivity index (χ3v) is 3.49. The van der Waals surface area contributed by atoms with E-state index >= 15 is 0 Å². The minimum absolute atomic E-state index is 0.0918. The van der Waals surface area contributed by atoms with Crippen LogP contribution < -0.4 is 4.74 Å². The molecule has 5 heteroatoms. The van der Waals surface area contributed by atoms with E-state index in [1.807, 2.05) is 17.9 Å². The van der Waals surface area contributed by atoms with Crippen molar-refractivity contribution in [2.45, 2.75) is 19.8 Å². The van der Waals surface area contributed by atoms with Crippen LogP contribution in [-0.2, 0) is 0 Å². The molecule has 21 heavy (non-hydrogen) atoms. The molecule has 0 radical (unpaired) electrons. The Morgan fingerprint density at radius 3 is 2.38 bits per heavy atom. The first-order valence-corrected chi connectivity index (χ1v) is 7.10. The van der Waals surface area contributed by atoms with Crippen LogP contribution in [0.25, 0.3) is 0 Å². The predicted molar refractivity (Wildman–Crippen MR) is 78.4 cm³/mol. The molecule has 1 aliphatic rings. The summed E-state index contributed by atoms with van der Waals surface area (Å²) in [5.41, 5.74) is 1.54. The predicted octanol–water partition coefficient (Wildman–Crippen LogP) is 2.81. The van der Waals surface area contributed by atoms with Gasteiger partial charge in [-0.25, -0.2) is 0 Å². The van der Waals surface area contributed by atoms with Gasteiger partial charge in [0.05, 0.1) is 5.69 Å². The van der Waals surface area contributed by atoms with Crippen molar-refractivity contribution in [2.24, 2.45) is 0 Å². The van der Waals surface area contributed by atoms with E-state index in [1.54, 1.807) is 30.3 Å². The number of nitrogens with zero attached hydrogens (tertiary/aromatic N) is 3. The summed E-state index contributed by atoms with van der Waals surface area (Å²) in [4.78, 5) is 14.1. The normalized spacial score (nSPS) is 14.2. The number of ether oxygens (including phenoxy) is 1. The van der Waals surface area contributed by atoms with Gasteiger partial charge in [0.15, 0.2) is 0 Å². The van der Waals surface area contributed by atoms with Crippen molar-refractivity contribution in [3.8, 4) is 11.6 Å². The molecule has 0 spiro atoms. The van der Waals surface area contributed by atoms with Gasteiger partial charge in [-0.3, -0.25) is 4.79 Å². The number of aryl methyl sites for hydroxylation is 1. The number of hydrogen-bond acceptors (Lipinski definition) is 4. The standard InChI is InChI=1S/C16H17N3O2/c1-12-4-9-15(18-17-12)21-14-7-5-13(6-8-14)16(20)19-10-2-3-11-19/h4-9H,2-3,10-11H2,1H3. The number of benzene rings is 1. The number of likely N-dealkylation sites (tertiary alicyclic amines) is 1. The molecule has 0 unspecified atom stereocenters. The highest BCUT2D eigenvalue weighted by Crippen LogP contribution is 2.20. The summed E-state index contributed by atoms with van der Waals surface area (Å²) in [6, 6.07) is 10.8. The van der Waals surface area contributed by atoms with Crippen LogP contribution in [0, 0.1) is 6.92 Å². The second-order valence-electron chi connectivity index (χ2n) is 5.14. The van der Waals surface area contributed by atoms with Crippen LogP contribution in [0.3, 0.4) is 0 Å². The molecule has 1 aromatic carbocycles. The number of carbonyl (C=O) groups excluding carboxylic acids is 1. The molecular weight excluding hydrogens is 266 g/mol. The number of amides is 1. The van der Waals surface area contributed by atoms with E-state index in [1.165, 1.54) is 0 Å². The fourth-order valence-corrected chi connectivity index (χ4v) is 2.33. The molecule has 3 rings (SSSR count). The average Bonchev–Trinajstić information content (AvgIpc) is 3.04. The Kier molecular flexibility index (Phi) is 3.81. The van der Waals surface area contributed by atoms with Crippen molar-refractivity contribution in [2.75, 3.05) is 13.1 Å². The van der Waals surface area contributed by atoms with Crippen LogP contribution in [0.1, 0.15) is 28.9 Å². The molecule has 1 saturated heterocycles. The smallest absolute Gasteiger partial charge is 0.253 e. The van der Waals surface area contributed by atoms with E-state index < -0.39 is 0 Å². The lowest BCUT2D eigenvalue weighted by Gasteiger charge is -2.15. The summed E-state index contributed by atoms with van der Waals surface area (Å²) in [5, 5.41) is 7.88. The van der Waals surface area contributed by atoms with Gasteiger partial charge in [-0.2, -0.15) is 5.10 Å². The maximum Gasteiger partial charge on any atom is 0.253 e. The Hall–Kier alpha value is -2.43. The summed E-state index contributed by atoms with van der Waals surface area (Å²) in [7, 11) is 0. The second kappa shape index (κ2) is 5.91. The van der Waals surface area contributed by atoms with Gasteiger partial charge in [0, 0.05) is 24.7 Å². The van der Waals surface area contributed by atoms with Gasteiger partial charge < -0.3 is 9.64 Å². The summed E-state index contributed by atoms with van der Waals surface area (Å²) in [6.07, 6.45) is 2.19. The van der Waals surface area contributed by atoms with Gasteiger partial charge in [0.25, 0.3) is 5.91 Å². The van der Waals surface area contributed by atoms with E-state index in [9.17, 15) is 4.79 Å². The van der Waals surface area contributed by atoms with E-state index in [0.717, 1.165) is 31.6 Å². The molecular formula is C16H17N3O2. The lowest BCUT2D eigenvalue weighted by molar-refractivity contribution is 0.0793. The van der Waals surface area contributed by atoms with Gasteiger partial charge in [-0.1, -0.05) is 0 Å². The van der Waals surface area contributed by atoms with Gasteiger partial charge >= 0.3 is 0 Å². The first-order valence-electron chi connectivity index (χ1n) is 7.10. The van der Waals surface area contributed by atoms with Crippen molar-refractivity contribution in [3.05, 3.63) is 47.7 Å². The molecule has 0 saturated carbocycles. The quantitative estimate of drug-likeness (QED) is 0.869. The van der Waals surface area contributed by atoms with Crippen LogP contribution >= 0.6 is 0 Å². The number of rotatable bonds is 3. The Morgan fingerprint density at radius 1 is 1.05 bits per heavy atom. The topological polar surface area (TPSA) is 55.3 Å². The monoisotopic (exact) mass is 283 g/mol. The molecule has 0 N–H and O–H groups in total. The van der Waals surface area contributed by atoms with Gasteiger partial charge in [-0.05, 0) is 50.1 Å². The van der Waals surface area contributed by atoms with Gasteiger partial charge in [-0.15, -0.1) is 5.10 Å². The highest BCUT2D eigenvalue weighted by molar-refractivity contribution is 5.94. The summed E-state index contributed by atoms with van der Waals surface area (Å²) in [5.74, 6) is 1.18. The molecule has 0 aliphatic carbocycles. The van der Waals surface area contributed by atoms with Gasteiger partial charge in [0.1, 0.15) is 5.75 Å². The zero-order chi connectivity index (χ0) is 14.7. The Morgan fingerprint density at radius 2 is 1.76 bits per heavy atom. The summed E-state index contributed by atoms with van der Waals surface area (Å²) >= 11 is 0. The molecule has 1 fully saturated rings. The van der Waals surface area contributed by atoms with E-state index in [-0.39, 0.29) is 5.91 Å². The Labute approximate surface area is 123 Å². The third kappa shape index (κ3) is 3.18. The first-order chi connectivity index (χ1) is 10.2. The zero-order valence-electron chi connectivity index (χ0n) is 12.0. The molecule has 1 aliphatic heterocycles. The molecule has 2 aromatic rings. The zero-order valence-corrected chi connectivity index (χ0v) is 12.0. The lowest BCUT2D eigenvalue weighted by Crippen LogP contribution is -2.27. The van der Waals surface area contributed by atoms with Crippen molar-refractivity contribution >= 4 is 5.91 Å². The minimum Gasteiger partial charge on any atom is -0.438 e. The molecule has 108 valence electrons. The molecule has 1 aromatic heterocycles. The summed E-state index contributed by atoms with van der Waals surface area (Å²) < 4.78 is 5.60. The van der Waals surface area contributed by atoms with Crippen LogP contribution in [0.2, 0.25) is 0 Å². The molecule has 0 atom stereocenters. The van der Waals surface area contributed by atoms with Crippen molar-refractivity contribution in [1.82, 2.24) is 15.1 Å². The minimum atomic E-state index is 0.0918. The number of aromatic nitrogens is 2. The molecule has 0 bridgehead atoms. The van der Waals surface area contributed by atoms with Crippen LogP contribution in [-0.4, -0.2) is 34.1 Å². The maximum absolute atomic E-state index is 12.2. The highest BCUT2D eigenvalue weighted by Gasteiger charge is 2.19. The molecule has 2 heterocycles. The number of carbonyl (C=O) groups is 1. The Bertz CT molecular complexity index is 617. The van der Waals surface area contributed by atoms with E-state index in [2.05, 4.69) is 10.2 Å². The number of hydrogen-bond donors (Lipinski definition) is 0. The van der Waals surface area contributed by atoms with Crippen LogP contribution in [0.15, 0.2) is 36.4 Å². The largest absolute Gasteiger partial charge is 0.438 e. The highest BCUT2D eigenvalue weighted by atomic mass is 16.5. The fraction of sp³-hybridized carbons (Fsp3) is 0.312. The Balaban J connectivity index is 1.68. The average molecular weight is 283 g/mol. The third-order valence-electron chi connectivity index (χ3n) is 3.49. The van der Waals surface area contributed by atoms with Crippen LogP contribution in [0.4, 0.5) is 0 Å². The van der Waals surface area contributed by atoms with E-state index in [0.29, 0.717) is 17.2 Å². The van der Waals surface area contributed by atoms with Crippen LogP contribution in [0.5, 0.6) is 11.6 Å². The SMILES string of the molecule is Cc1ccc(Oc2ccc(C(=O)N3CCCC3)cc2)nn1. The fourth-order valence-electron chi connectivity index (χ4n) is 2.33. The molecule has 1 amide bonds. The van der Waals surface area contributed by atoms with Crippen molar-refractivity contribution in [3.63, 3.8) is 0 Å². The van der Waals surface area contributed by atoms with E-state index in [4.69, 9.17) is 4.74 Å².